The first-order chi connectivity index (χ1) is 8.86. The second-order valence-corrected chi connectivity index (χ2v) is 4.17. The molecular formula is C12H23N3O3. The fraction of sp³-hybridized carbons (Fsp3) is 0.833. The van der Waals surface area contributed by atoms with Crippen LogP contribution in [0.2, 0.25) is 0 Å². The maximum atomic E-state index is 8.66. The molecule has 104 valence electrons. The lowest BCUT2D eigenvalue weighted by atomic mass is 10.1. The number of hydrogen-bond donors (Lipinski definition) is 1. The molecule has 1 N–H and O–H groups in total. The zero-order valence-electron chi connectivity index (χ0n) is 11.0. The zero-order chi connectivity index (χ0) is 13.1. The minimum Gasteiger partial charge on any atom is -0.396 e. The van der Waals surface area contributed by atoms with E-state index in [0.29, 0.717) is 19.9 Å². The molecule has 1 heterocycles. The van der Waals surface area contributed by atoms with Gasteiger partial charge >= 0.3 is 0 Å². The van der Waals surface area contributed by atoms with E-state index in [1.807, 2.05) is 6.20 Å². The van der Waals surface area contributed by atoms with E-state index in [4.69, 9.17) is 14.6 Å². The number of aryl methyl sites for hydroxylation is 1. The van der Waals surface area contributed by atoms with Crippen molar-refractivity contribution in [1.82, 2.24) is 15.0 Å². The van der Waals surface area contributed by atoms with E-state index < -0.39 is 0 Å². The molecule has 0 bridgehead atoms. The molecule has 6 nitrogen and oxygen atoms in total. The Labute approximate surface area is 108 Å². The third-order valence-corrected chi connectivity index (χ3v) is 2.58. The third-order valence-electron chi connectivity index (χ3n) is 2.58. The molecule has 1 aromatic rings. The summed E-state index contributed by atoms with van der Waals surface area (Å²) >= 11 is 0. The van der Waals surface area contributed by atoms with Crippen molar-refractivity contribution in [2.24, 2.45) is 0 Å². The Bertz CT molecular complexity index is 305. The van der Waals surface area contributed by atoms with E-state index in [1.165, 1.54) is 0 Å². The fourth-order valence-corrected chi connectivity index (χ4v) is 1.59. The summed E-state index contributed by atoms with van der Waals surface area (Å²) in [6, 6.07) is 0. The maximum absolute atomic E-state index is 8.66. The van der Waals surface area contributed by atoms with E-state index in [1.54, 1.807) is 11.8 Å². The van der Waals surface area contributed by atoms with Gasteiger partial charge in [0, 0.05) is 13.7 Å². The van der Waals surface area contributed by atoms with Gasteiger partial charge in [0.15, 0.2) is 0 Å². The van der Waals surface area contributed by atoms with Crippen molar-refractivity contribution < 1.29 is 14.6 Å². The predicted molar refractivity (Wildman–Crippen MR) is 67.1 cm³/mol. The monoisotopic (exact) mass is 257 g/mol. The van der Waals surface area contributed by atoms with Crippen molar-refractivity contribution >= 4 is 0 Å². The topological polar surface area (TPSA) is 69.4 Å². The SMILES string of the molecule is COCCOCn1cc(CCCCCCO)nn1. The Hall–Kier alpha value is -0.980. The minimum atomic E-state index is 0.287. The number of aromatic nitrogens is 3. The summed E-state index contributed by atoms with van der Waals surface area (Å²) in [6.07, 6.45) is 7.02. The van der Waals surface area contributed by atoms with Crippen LogP contribution in [0.3, 0.4) is 0 Å². The third kappa shape index (κ3) is 6.68. The molecule has 0 aliphatic carbocycles. The predicted octanol–water partition coefficient (Wildman–Crippen LogP) is 0.994. The smallest absolute Gasteiger partial charge is 0.141 e. The summed E-state index contributed by atoms with van der Waals surface area (Å²) in [5, 5.41) is 16.7. The van der Waals surface area contributed by atoms with Crippen molar-refractivity contribution in [1.29, 1.82) is 0 Å². The van der Waals surface area contributed by atoms with Gasteiger partial charge in [-0.1, -0.05) is 18.1 Å². The average Bonchev–Trinajstić information content (AvgIpc) is 2.82. The Morgan fingerprint density at radius 3 is 2.83 bits per heavy atom. The number of rotatable bonds is 11. The molecule has 0 saturated heterocycles. The highest BCUT2D eigenvalue weighted by Crippen LogP contribution is 2.05. The zero-order valence-corrected chi connectivity index (χ0v) is 11.0. The second kappa shape index (κ2) is 9.99. The summed E-state index contributed by atoms with van der Waals surface area (Å²) in [4.78, 5) is 0. The molecule has 0 aliphatic rings. The van der Waals surface area contributed by atoms with Crippen LogP contribution in [0.15, 0.2) is 6.20 Å². The van der Waals surface area contributed by atoms with Crippen LogP contribution in [0, 0.1) is 0 Å². The highest BCUT2D eigenvalue weighted by Gasteiger charge is 2.00. The van der Waals surface area contributed by atoms with Crippen LogP contribution in [-0.4, -0.2) is 47.0 Å². The molecule has 0 amide bonds. The lowest BCUT2D eigenvalue weighted by Gasteiger charge is -2.01. The highest BCUT2D eigenvalue weighted by molar-refractivity contribution is 4.91. The molecule has 0 saturated carbocycles. The Balaban J connectivity index is 2.10. The molecular weight excluding hydrogens is 234 g/mol. The molecule has 0 spiro atoms. The van der Waals surface area contributed by atoms with Crippen LogP contribution in [0.25, 0.3) is 0 Å². The Kier molecular flexibility index (Phi) is 8.37. The van der Waals surface area contributed by atoms with Crippen LogP contribution in [-0.2, 0) is 22.6 Å². The molecule has 0 atom stereocenters. The van der Waals surface area contributed by atoms with Gasteiger partial charge in [-0.05, 0) is 19.3 Å². The van der Waals surface area contributed by atoms with Gasteiger partial charge in [-0.2, -0.15) is 0 Å². The first-order valence-electron chi connectivity index (χ1n) is 6.43. The molecule has 1 rings (SSSR count). The van der Waals surface area contributed by atoms with Gasteiger partial charge in [0.2, 0.25) is 0 Å². The number of aliphatic hydroxyl groups is 1. The fourth-order valence-electron chi connectivity index (χ4n) is 1.59. The van der Waals surface area contributed by atoms with Crippen molar-refractivity contribution in [3.05, 3.63) is 11.9 Å². The summed E-state index contributed by atoms with van der Waals surface area (Å²) < 4.78 is 11.9. The molecule has 0 radical (unpaired) electrons. The summed E-state index contributed by atoms with van der Waals surface area (Å²) in [5.41, 5.74) is 0.995. The normalized spacial score (nSPS) is 11.0. The summed E-state index contributed by atoms with van der Waals surface area (Å²) in [7, 11) is 1.65. The number of aliphatic hydroxyl groups excluding tert-OH is 1. The van der Waals surface area contributed by atoms with Gasteiger partial charge in [0.05, 0.1) is 25.1 Å². The number of unbranched alkanes of at least 4 members (excludes halogenated alkanes) is 3. The Morgan fingerprint density at radius 1 is 1.22 bits per heavy atom. The van der Waals surface area contributed by atoms with Crippen LogP contribution in [0.4, 0.5) is 0 Å². The van der Waals surface area contributed by atoms with E-state index in [-0.39, 0.29) is 6.61 Å². The van der Waals surface area contributed by atoms with Crippen molar-refractivity contribution in [3.63, 3.8) is 0 Å². The Morgan fingerprint density at radius 2 is 2.06 bits per heavy atom. The van der Waals surface area contributed by atoms with Crippen molar-refractivity contribution in [2.45, 2.75) is 38.8 Å². The molecule has 0 aliphatic heterocycles. The summed E-state index contributed by atoms with van der Waals surface area (Å²) in [5.74, 6) is 0. The van der Waals surface area contributed by atoms with Gasteiger partial charge in [0.25, 0.3) is 0 Å². The molecule has 0 unspecified atom stereocenters. The van der Waals surface area contributed by atoms with E-state index >= 15 is 0 Å². The lowest BCUT2D eigenvalue weighted by Crippen LogP contribution is -2.07. The van der Waals surface area contributed by atoms with Crippen LogP contribution < -0.4 is 0 Å². The van der Waals surface area contributed by atoms with Crippen LogP contribution in [0.1, 0.15) is 31.4 Å². The quantitative estimate of drug-likeness (QED) is 0.599. The van der Waals surface area contributed by atoms with E-state index in [9.17, 15) is 0 Å². The highest BCUT2D eigenvalue weighted by atomic mass is 16.5. The van der Waals surface area contributed by atoms with E-state index in [0.717, 1.165) is 37.8 Å². The first-order valence-corrected chi connectivity index (χ1v) is 6.43. The molecule has 18 heavy (non-hydrogen) atoms. The molecule has 0 aromatic carbocycles. The van der Waals surface area contributed by atoms with Gasteiger partial charge < -0.3 is 14.6 Å². The minimum absolute atomic E-state index is 0.287. The van der Waals surface area contributed by atoms with Gasteiger partial charge in [0.1, 0.15) is 6.73 Å². The van der Waals surface area contributed by atoms with Crippen LogP contribution in [0.5, 0.6) is 0 Å². The van der Waals surface area contributed by atoms with Gasteiger partial charge in [-0.15, -0.1) is 5.10 Å². The number of ether oxygens (including phenoxy) is 2. The lowest BCUT2D eigenvalue weighted by molar-refractivity contribution is 0.0280. The number of nitrogens with zero attached hydrogens (tertiary/aromatic N) is 3. The van der Waals surface area contributed by atoms with E-state index in [2.05, 4.69) is 10.3 Å². The van der Waals surface area contributed by atoms with Crippen molar-refractivity contribution in [2.75, 3.05) is 26.9 Å². The maximum Gasteiger partial charge on any atom is 0.141 e. The summed E-state index contributed by atoms with van der Waals surface area (Å²) in [6.45, 7) is 1.86. The van der Waals surface area contributed by atoms with Gasteiger partial charge in [-0.25, -0.2) is 4.68 Å². The number of hydrogen-bond acceptors (Lipinski definition) is 5. The van der Waals surface area contributed by atoms with Gasteiger partial charge in [-0.3, -0.25) is 0 Å². The largest absolute Gasteiger partial charge is 0.396 e. The molecule has 6 heteroatoms. The molecule has 0 fully saturated rings. The van der Waals surface area contributed by atoms with Crippen LogP contribution >= 0.6 is 0 Å². The average molecular weight is 257 g/mol. The first kappa shape index (κ1) is 15.1. The number of methoxy groups -OCH3 is 1. The van der Waals surface area contributed by atoms with Crippen molar-refractivity contribution in [3.8, 4) is 0 Å². The second-order valence-electron chi connectivity index (χ2n) is 4.17. The standard InChI is InChI=1S/C12H23N3O3/c1-17-8-9-18-11-15-10-12(13-14-15)6-4-2-3-5-7-16/h10,16H,2-9,11H2,1H3. The molecule has 1 aromatic heterocycles.